The van der Waals surface area contributed by atoms with Crippen LogP contribution in [0.2, 0.25) is 0 Å². The van der Waals surface area contributed by atoms with Gasteiger partial charge in [-0.1, -0.05) is 6.07 Å². The fraction of sp³-hybridized carbons (Fsp3) is 0.182. The minimum atomic E-state index is -0.967. The Labute approximate surface area is 92.4 Å². The summed E-state index contributed by atoms with van der Waals surface area (Å²) in [7, 11) is 0. The molecule has 0 saturated carbocycles. The summed E-state index contributed by atoms with van der Waals surface area (Å²) in [5.74, 6) is -0.967. The predicted molar refractivity (Wildman–Crippen MR) is 57.3 cm³/mol. The van der Waals surface area contributed by atoms with Gasteiger partial charge in [0, 0.05) is 6.20 Å². The van der Waals surface area contributed by atoms with E-state index in [1.807, 2.05) is 18.2 Å². The maximum atomic E-state index is 11.0. The van der Waals surface area contributed by atoms with Crippen LogP contribution in [0.25, 0.3) is 0 Å². The summed E-state index contributed by atoms with van der Waals surface area (Å²) < 4.78 is 1.58. The average Bonchev–Trinajstić information content (AvgIpc) is 2.61. The maximum Gasteiger partial charge on any atom is 0.354 e. The highest BCUT2D eigenvalue weighted by molar-refractivity contribution is 5.86. The van der Waals surface area contributed by atoms with Gasteiger partial charge in [0.05, 0.1) is 24.3 Å². The predicted octanol–water partition coefficient (Wildman–Crippen LogP) is 1.33. The molecule has 0 saturated heterocycles. The van der Waals surface area contributed by atoms with Gasteiger partial charge in [0.15, 0.2) is 0 Å². The van der Waals surface area contributed by atoms with E-state index < -0.39 is 5.97 Å². The van der Waals surface area contributed by atoms with E-state index in [4.69, 9.17) is 5.11 Å². The van der Waals surface area contributed by atoms with Gasteiger partial charge in [-0.05, 0) is 19.1 Å². The van der Waals surface area contributed by atoms with Gasteiger partial charge < -0.3 is 9.67 Å². The van der Waals surface area contributed by atoms with Gasteiger partial charge in [-0.2, -0.15) is 0 Å². The van der Waals surface area contributed by atoms with Crippen LogP contribution in [0.1, 0.15) is 21.9 Å². The Kier molecular flexibility index (Phi) is 2.68. The maximum absolute atomic E-state index is 11.0. The molecule has 0 atom stereocenters. The van der Waals surface area contributed by atoms with Gasteiger partial charge in [0.25, 0.3) is 0 Å². The molecule has 82 valence electrons. The second-order valence-corrected chi connectivity index (χ2v) is 3.43. The normalized spacial score (nSPS) is 10.3. The van der Waals surface area contributed by atoms with E-state index in [-0.39, 0.29) is 5.69 Å². The minimum Gasteiger partial charge on any atom is -0.477 e. The Morgan fingerprint density at radius 3 is 2.88 bits per heavy atom. The molecule has 0 fully saturated rings. The lowest BCUT2D eigenvalue weighted by Crippen LogP contribution is -2.10. The van der Waals surface area contributed by atoms with Crippen LogP contribution in [0.5, 0.6) is 0 Å². The molecule has 2 aromatic heterocycles. The molecular formula is C11H11N3O2. The Balaban J connectivity index is 2.32. The summed E-state index contributed by atoms with van der Waals surface area (Å²) in [5.41, 5.74) is 1.54. The van der Waals surface area contributed by atoms with Crippen LogP contribution in [0, 0.1) is 6.92 Å². The van der Waals surface area contributed by atoms with Crippen LogP contribution < -0.4 is 0 Å². The largest absolute Gasteiger partial charge is 0.477 e. The Bertz CT molecular complexity index is 505. The molecule has 0 amide bonds. The number of rotatable bonds is 3. The quantitative estimate of drug-likeness (QED) is 0.842. The molecule has 0 spiro atoms. The Morgan fingerprint density at radius 2 is 2.25 bits per heavy atom. The number of nitrogens with zero attached hydrogens (tertiary/aromatic N) is 3. The highest BCUT2D eigenvalue weighted by atomic mass is 16.4. The minimum absolute atomic E-state index is 0.214. The summed E-state index contributed by atoms with van der Waals surface area (Å²) in [6, 6.07) is 5.54. The Hall–Kier alpha value is -2.17. The number of aryl methyl sites for hydroxylation is 1. The molecule has 2 rings (SSSR count). The summed E-state index contributed by atoms with van der Waals surface area (Å²) in [6.07, 6.45) is 3.20. The Morgan fingerprint density at radius 1 is 1.44 bits per heavy atom. The average molecular weight is 217 g/mol. The van der Waals surface area contributed by atoms with Crippen molar-refractivity contribution in [2.75, 3.05) is 0 Å². The van der Waals surface area contributed by atoms with Gasteiger partial charge >= 0.3 is 5.97 Å². The van der Waals surface area contributed by atoms with Crippen LogP contribution in [-0.2, 0) is 6.54 Å². The lowest BCUT2D eigenvalue weighted by atomic mass is 10.3. The SMILES string of the molecule is Cc1ncn(Cc2ccccn2)c1C(=O)O. The molecule has 0 aliphatic carbocycles. The van der Waals surface area contributed by atoms with E-state index in [1.54, 1.807) is 17.7 Å². The van der Waals surface area contributed by atoms with Crippen molar-refractivity contribution >= 4 is 5.97 Å². The van der Waals surface area contributed by atoms with E-state index in [0.717, 1.165) is 5.69 Å². The van der Waals surface area contributed by atoms with E-state index in [9.17, 15) is 4.79 Å². The number of carbonyl (C=O) groups is 1. The van der Waals surface area contributed by atoms with Crippen molar-refractivity contribution in [2.24, 2.45) is 0 Å². The van der Waals surface area contributed by atoms with Crippen molar-refractivity contribution in [3.05, 3.63) is 47.8 Å². The smallest absolute Gasteiger partial charge is 0.354 e. The summed E-state index contributed by atoms with van der Waals surface area (Å²) in [5, 5.41) is 9.03. The lowest BCUT2D eigenvalue weighted by molar-refractivity contribution is 0.0684. The lowest BCUT2D eigenvalue weighted by Gasteiger charge is -2.04. The second kappa shape index (κ2) is 4.14. The van der Waals surface area contributed by atoms with Crippen molar-refractivity contribution in [1.82, 2.24) is 14.5 Å². The van der Waals surface area contributed by atoms with Gasteiger partial charge in [0.1, 0.15) is 5.69 Å². The van der Waals surface area contributed by atoms with Gasteiger partial charge in [-0.25, -0.2) is 9.78 Å². The molecule has 16 heavy (non-hydrogen) atoms. The highest BCUT2D eigenvalue weighted by Gasteiger charge is 2.14. The standard InChI is InChI=1S/C11H11N3O2/c1-8-10(11(15)16)14(7-13-8)6-9-4-2-3-5-12-9/h2-5,7H,6H2,1H3,(H,15,16). The third-order valence-electron chi connectivity index (χ3n) is 2.28. The van der Waals surface area contributed by atoms with Crippen molar-refractivity contribution in [3.8, 4) is 0 Å². The van der Waals surface area contributed by atoms with Crippen LogP contribution >= 0.6 is 0 Å². The molecule has 0 aliphatic rings. The first-order chi connectivity index (χ1) is 7.68. The van der Waals surface area contributed by atoms with E-state index in [2.05, 4.69) is 9.97 Å². The molecule has 5 heteroatoms. The first-order valence-corrected chi connectivity index (χ1v) is 4.83. The fourth-order valence-corrected chi connectivity index (χ4v) is 1.55. The first-order valence-electron chi connectivity index (χ1n) is 4.83. The van der Waals surface area contributed by atoms with Crippen molar-refractivity contribution < 1.29 is 9.90 Å². The summed E-state index contributed by atoms with van der Waals surface area (Å²) >= 11 is 0. The zero-order valence-electron chi connectivity index (χ0n) is 8.79. The number of pyridine rings is 1. The van der Waals surface area contributed by atoms with Gasteiger partial charge in [-0.3, -0.25) is 4.98 Å². The van der Waals surface area contributed by atoms with Crippen molar-refractivity contribution in [2.45, 2.75) is 13.5 Å². The molecule has 5 nitrogen and oxygen atoms in total. The molecule has 0 unspecified atom stereocenters. The molecule has 0 aromatic carbocycles. The molecule has 0 bridgehead atoms. The summed E-state index contributed by atoms with van der Waals surface area (Å²) in [6.45, 7) is 2.10. The summed E-state index contributed by atoms with van der Waals surface area (Å²) in [4.78, 5) is 19.1. The number of carboxylic acids is 1. The van der Waals surface area contributed by atoms with E-state index >= 15 is 0 Å². The number of aromatic nitrogens is 3. The molecule has 2 heterocycles. The molecular weight excluding hydrogens is 206 g/mol. The van der Waals surface area contributed by atoms with Crippen molar-refractivity contribution in [3.63, 3.8) is 0 Å². The number of imidazole rings is 1. The van der Waals surface area contributed by atoms with Gasteiger partial charge in [0.2, 0.25) is 0 Å². The number of carboxylic acid groups (broad SMARTS) is 1. The van der Waals surface area contributed by atoms with Crippen LogP contribution in [0.4, 0.5) is 0 Å². The number of hydrogen-bond acceptors (Lipinski definition) is 3. The highest BCUT2D eigenvalue weighted by Crippen LogP contribution is 2.08. The molecule has 2 aromatic rings. The van der Waals surface area contributed by atoms with E-state index in [1.165, 1.54) is 6.33 Å². The topological polar surface area (TPSA) is 68.0 Å². The first kappa shape index (κ1) is 10.4. The third-order valence-corrected chi connectivity index (χ3v) is 2.28. The molecule has 1 N–H and O–H groups in total. The third kappa shape index (κ3) is 1.93. The van der Waals surface area contributed by atoms with Crippen LogP contribution in [-0.4, -0.2) is 25.6 Å². The fourth-order valence-electron chi connectivity index (χ4n) is 1.55. The monoisotopic (exact) mass is 217 g/mol. The van der Waals surface area contributed by atoms with Crippen LogP contribution in [0.15, 0.2) is 30.7 Å². The zero-order chi connectivity index (χ0) is 11.5. The number of hydrogen-bond donors (Lipinski definition) is 1. The second-order valence-electron chi connectivity index (χ2n) is 3.43. The van der Waals surface area contributed by atoms with Crippen LogP contribution in [0.3, 0.4) is 0 Å². The van der Waals surface area contributed by atoms with Gasteiger partial charge in [-0.15, -0.1) is 0 Å². The molecule has 0 radical (unpaired) electrons. The molecule has 0 aliphatic heterocycles. The van der Waals surface area contributed by atoms with Crippen molar-refractivity contribution in [1.29, 1.82) is 0 Å². The van der Waals surface area contributed by atoms with E-state index in [0.29, 0.717) is 12.2 Å². The number of aromatic carboxylic acids is 1. The zero-order valence-corrected chi connectivity index (χ0v) is 8.79.